The number of benzene rings is 2. The average Bonchev–Trinajstić information content (AvgIpc) is 3.08. The van der Waals surface area contributed by atoms with Gasteiger partial charge in [-0.05, 0) is 64.0 Å². The standard InChI is InChI=1S/C34H50N2O12/c1-35(15-23(39)31(45)33(47)25(41)17-37)13-5-9-19-7-3-11-21-27(19)29(43)22-12-4-8-20(28(22)30(21)44)10-6-14-36(2)16-24(40)32(46)34(48)26(42)18-38/h3-4,7-8,11-12,23-26,31-34,37-42,45-48H,5-6,9-10,13-18H2,1-2H3/t23-,24+,25+,26-,31+,32-,33-,34+. The maximum atomic E-state index is 13.8. The third-order valence-corrected chi connectivity index (χ3v) is 8.87. The van der Waals surface area contributed by atoms with Gasteiger partial charge in [-0.15, -0.1) is 0 Å². The fraction of sp³-hybridized carbons (Fsp3) is 0.588. The summed E-state index contributed by atoms with van der Waals surface area (Å²) >= 11 is 0. The van der Waals surface area contributed by atoms with Crippen LogP contribution in [0.2, 0.25) is 0 Å². The molecule has 0 radical (unpaired) electrons. The number of rotatable bonds is 20. The number of aryl methyl sites for hydroxylation is 2. The summed E-state index contributed by atoms with van der Waals surface area (Å²) in [4.78, 5) is 31.0. The van der Waals surface area contributed by atoms with Gasteiger partial charge < -0.3 is 60.9 Å². The highest BCUT2D eigenvalue weighted by atomic mass is 16.4. The largest absolute Gasteiger partial charge is 0.394 e. The molecule has 14 nitrogen and oxygen atoms in total. The monoisotopic (exact) mass is 678 g/mol. The van der Waals surface area contributed by atoms with Gasteiger partial charge in [-0.1, -0.05) is 36.4 Å². The van der Waals surface area contributed by atoms with Gasteiger partial charge in [0.15, 0.2) is 11.6 Å². The number of aliphatic hydroxyl groups is 10. The smallest absolute Gasteiger partial charge is 0.194 e. The third-order valence-electron chi connectivity index (χ3n) is 8.87. The first-order valence-corrected chi connectivity index (χ1v) is 16.1. The summed E-state index contributed by atoms with van der Waals surface area (Å²) in [6.07, 6.45) is -10.7. The number of fused-ring (bicyclic) bond motifs is 2. The Bertz CT molecular complexity index is 1260. The van der Waals surface area contributed by atoms with E-state index in [-0.39, 0.29) is 24.7 Å². The van der Waals surface area contributed by atoms with Gasteiger partial charge in [-0.2, -0.15) is 0 Å². The summed E-state index contributed by atoms with van der Waals surface area (Å²) in [6.45, 7) is -0.673. The van der Waals surface area contributed by atoms with Gasteiger partial charge in [-0.3, -0.25) is 9.59 Å². The average molecular weight is 679 g/mol. The number of likely N-dealkylation sites (N-methyl/N-ethyl adjacent to an activating group) is 2. The summed E-state index contributed by atoms with van der Waals surface area (Å²) in [7, 11) is 3.41. The van der Waals surface area contributed by atoms with E-state index >= 15 is 0 Å². The second-order valence-corrected chi connectivity index (χ2v) is 12.7. The van der Waals surface area contributed by atoms with Crippen molar-refractivity contribution in [3.05, 3.63) is 69.8 Å². The normalized spacial score (nSPS) is 18.2. The van der Waals surface area contributed by atoms with Crippen molar-refractivity contribution in [2.24, 2.45) is 0 Å². The number of hydrogen-bond donors (Lipinski definition) is 10. The molecule has 0 amide bonds. The van der Waals surface area contributed by atoms with Crippen molar-refractivity contribution in [1.29, 1.82) is 0 Å². The lowest BCUT2D eigenvalue weighted by molar-refractivity contribution is -0.118. The SMILES string of the molecule is CN(CCCc1cccc2c1C(=O)c1cccc(CCCN(C)C[C@H](O)[C@@H](O)[C@@H](O)[C@H](O)CO)c1C2=O)C[C@@H](O)[C@H](O)[C@H](O)[C@@H](O)CO. The molecule has 48 heavy (non-hydrogen) atoms. The zero-order valence-electron chi connectivity index (χ0n) is 27.3. The maximum absolute atomic E-state index is 13.8. The minimum atomic E-state index is -1.71. The van der Waals surface area contributed by atoms with Crippen LogP contribution in [0.25, 0.3) is 0 Å². The minimum Gasteiger partial charge on any atom is -0.394 e. The molecule has 3 rings (SSSR count). The Kier molecular flexibility index (Phi) is 15.2. The molecule has 0 unspecified atom stereocenters. The van der Waals surface area contributed by atoms with Crippen LogP contribution in [0.3, 0.4) is 0 Å². The van der Waals surface area contributed by atoms with E-state index in [0.29, 0.717) is 72.2 Å². The Labute approximate surface area is 279 Å². The Morgan fingerprint density at radius 3 is 1.21 bits per heavy atom. The van der Waals surface area contributed by atoms with E-state index in [9.17, 15) is 50.4 Å². The maximum Gasteiger partial charge on any atom is 0.194 e. The minimum absolute atomic E-state index is 0.0208. The van der Waals surface area contributed by atoms with Crippen LogP contribution in [0, 0.1) is 0 Å². The molecule has 0 saturated heterocycles. The molecular formula is C34H50N2O12. The van der Waals surface area contributed by atoms with E-state index in [1.54, 1.807) is 60.3 Å². The first-order chi connectivity index (χ1) is 22.7. The number of hydrogen-bond acceptors (Lipinski definition) is 14. The molecule has 2 aromatic carbocycles. The molecule has 1 aliphatic rings. The Hall–Kier alpha value is -2.70. The molecule has 8 atom stereocenters. The van der Waals surface area contributed by atoms with Crippen LogP contribution in [0.5, 0.6) is 0 Å². The van der Waals surface area contributed by atoms with Crippen molar-refractivity contribution in [2.45, 2.75) is 74.5 Å². The molecule has 2 aromatic rings. The molecule has 0 bridgehead atoms. The van der Waals surface area contributed by atoms with Crippen LogP contribution >= 0.6 is 0 Å². The van der Waals surface area contributed by atoms with Gasteiger partial charge in [0.25, 0.3) is 0 Å². The van der Waals surface area contributed by atoms with Crippen LogP contribution in [0.15, 0.2) is 36.4 Å². The number of ketones is 2. The molecule has 0 saturated carbocycles. The second kappa shape index (κ2) is 18.3. The van der Waals surface area contributed by atoms with Crippen LogP contribution in [0.1, 0.15) is 55.8 Å². The fourth-order valence-electron chi connectivity index (χ4n) is 6.04. The molecule has 14 heteroatoms. The van der Waals surface area contributed by atoms with Crippen molar-refractivity contribution >= 4 is 11.6 Å². The number of carbonyl (C=O) groups is 2. The van der Waals surface area contributed by atoms with Crippen molar-refractivity contribution in [2.75, 3.05) is 53.5 Å². The summed E-state index contributed by atoms with van der Waals surface area (Å²) in [5.74, 6) is -0.503. The fourth-order valence-corrected chi connectivity index (χ4v) is 6.04. The van der Waals surface area contributed by atoms with Gasteiger partial charge in [0, 0.05) is 35.3 Å². The van der Waals surface area contributed by atoms with E-state index in [0.717, 1.165) is 0 Å². The predicted octanol–water partition coefficient (Wildman–Crippen LogP) is -2.94. The first kappa shape index (κ1) is 39.7. The number of carbonyl (C=O) groups excluding carboxylic acids is 2. The molecule has 0 heterocycles. The van der Waals surface area contributed by atoms with Crippen molar-refractivity contribution < 1.29 is 60.7 Å². The van der Waals surface area contributed by atoms with Crippen LogP contribution in [-0.4, -0.2) is 175 Å². The summed E-state index contributed by atoms with van der Waals surface area (Å²) < 4.78 is 0. The van der Waals surface area contributed by atoms with Crippen LogP contribution < -0.4 is 0 Å². The molecule has 1 aliphatic carbocycles. The summed E-state index contributed by atoms with van der Waals surface area (Å²) in [6, 6.07) is 10.3. The van der Waals surface area contributed by atoms with Crippen molar-refractivity contribution in [3.8, 4) is 0 Å². The lowest BCUT2D eigenvalue weighted by Gasteiger charge is -2.28. The van der Waals surface area contributed by atoms with Gasteiger partial charge in [0.05, 0.1) is 25.4 Å². The molecule has 10 N–H and O–H groups in total. The van der Waals surface area contributed by atoms with E-state index in [4.69, 9.17) is 10.2 Å². The first-order valence-electron chi connectivity index (χ1n) is 16.1. The Morgan fingerprint density at radius 1 is 0.542 bits per heavy atom. The molecule has 0 aliphatic heterocycles. The predicted molar refractivity (Wildman–Crippen MR) is 174 cm³/mol. The number of nitrogens with zero attached hydrogens (tertiary/aromatic N) is 2. The highest BCUT2D eigenvalue weighted by Crippen LogP contribution is 2.32. The molecular weight excluding hydrogens is 628 g/mol. The molecule has 268 valence electrons. The quantitative estimate of drug-likeness (QED) is 0.0575. The van der Waals surface area contributed by atoms with E-state index in [2.05, 4.69) is 0 Å². The van der Waals surface area contributed by atoms with Gasteiger partial charge in [-0.25, -0.2) is 0 Å². The molecule has 0 fully saturated rings. The van der Waals surface area contributed by atoms with Gasteiger partial charge in [0.2, 0.25) is 0 Å². The third kappa shape index (κ3) is 9.72. The molecule has 0 spiro atoms. The Morgan fingerprint density at radius 2 is 0.875 bits per heavy atom. The van der Waals surface area contributed by atoms with E-state index in [1.807, 2.05) is 0 Å². The summed E-state index contributed by atoms with van der Waals surface area (Å²) in [5, 5.41) is 97.4. The zero-order valence-corrected chi connectivity index (χ0v) is 27.3. The van der Waals surface area contributed by atoms with Crippen molar-refractivity contribution in [3.63, 3.8) is 0 Å². The molecule has 0 aromatic heterocycles. The lowest BCUT2D eigenvalue weighted by atomic mass is 9.78. The van der Waals surface area contributed by atoms with Crippen LogP contribution in [-0.2, 0) is 12.8 Å². The Balaban J connectivity index is 1.62. The second-order valence-electron chi connectivity index (χ2n) is 12.7. The topological polar surface area (TPSA) is 243 Å². The van der Waals surface area contributed by atoms with Gasteiger partial charge >= 0.3 is 0 Å². The van der Waals surface area contributed by atoms with E-state index < -0.39 is 62.0 Å². The van der Waals surface area contributed by atoms with E-state index in [1.165, 1.54) is 0 Å². The zero-order chi connectivity index (χ0) is 35.7. The summed E-state index contributed by atoms with van der Waals surface area (Å²) in [5.41, 5.74) is 2.75. The lowest BCUT2D eigenvalue weighted by Crippen LogP contribution is -2.49. The van der Waals surface area contributed by atoms with Gasteiger partial charge in [0.1, 0.15) is 36.6 Å². The number of aliphatic hydroxyl groups excluding tert-OH is 10. The van der Waals surface area contributed by atoms with Crippen molar-refractivity contribution in [1.82, 2.24) is 9.80 Å². The highest BCUT2D eigenvalue weighted by molar-refractivity contribution is 6.29. The highest BCUT2D eigenvalue weighted by Gasteiger charge is 2.34. The van der Waals surface area contributed by atoms with Crippen LogP contribution in [0.4, 0.5) is 0 Å².